The largest absolute Gasteiger partial charge is 0.299 e. The van der Waals surface area contributed by atoms with Gasteiger partial charge in [0.1, 0.15) is 5.71 Å². The monoisotopic (exact) mass is 371 g/mol. The summed E-state index contributed by atoms with van der Waals surface area (Å²) in [6.45, 7) is 4.60. The number of pyridine rings is 1. The summed E-state index contributed by atoms with van der Waals surface area (Å²) in [7, 11) is 0. The van der Waals surface area contributed by atoms with E-state index in [0.29, 0.717) is 25.2 Å². The Kier molecular flexibility index (Phi) is 5.46. The lowest BCUT2D eigenvalue weighted by molar-refractivity contribution is -0.111. The summed E-state index contributed by atoms with van der Waals surface area (Å²) < 4.78 is 26.6. The Balaban J connectivity index is 1.81. The Morgan fingerprint density at radius 2 is 1.89 bits per heavy atom. The molecular formula is C21H23F2N3O. The molecule has 0 aliphatic carbocycles. The fraction of sp³-hybridized carbons (Fsp3) is 0.381. The summed E-state index contributed by atoms with van der Waals surface area (Å²) in [5.74, 6) is -2.82. The van der Waals surface area contributed by atoms with E-state index in [2.05, 4.69) is 4.98 Å². The smallest absolute Gasteiger partial charge is 0.250 e. The second kappa shape index (κ2) is 7.64. The fourth-order valence-corrected chi connectivity index (χ4v) is 3.29. The van der Waals surface area contributed by atoms with E-state index in [1.807, 2.05) is 36.1 Å². The third-order valence-electron chi connectivity index (χ3n) is 4.98. The molecule has 0 atom stereocenters. The number of aryl methyl sites for hydroxylation is 1. The maximum absolute atomic E-state index is 13.3. The van der Waals surface area contributed by atoms with Crippen LogP contribution >= 0.6 is 0 Å². The highest BCUT2D eigenvalue weighted by molar-refractivity contribution is 6.44. The van der Waals surface area contributed by atoms with Crippen molar-refractivity contribution >= 4 is 11.5 Å². The zero-order valence-electron chi connectivity index (χ0n) is 15.6. The van der Waals surface area contributed by atoms with Gasteiger partial charge < -0.3 is 0 Å². The number of carbonyl (C=O) groups is 1. The highest BCUT2D eigenvalue weighted by atomic mass is 19.3. The Labute approximate surface area is 157 Å². The summed E-state index contributed by atoms with van der Waals surface area (Å²) in [5, 5.41) is 8.00. The van der Waals surface area contributed by atoms with Gasteiger partial charge in [-0.25, -0.2) is 8.78 Å². The van der Waals surface area contributed by atoms with E-state index < -0.39 is 5.92 Å². The van der Waals surface area contributed by atoms with Crippen LogP contribution in [0, 0.1) is 12.3 Å². The molecule has 3 rings (SSSR count). The average molecular weight is 371 g/mol. The minimum Gasteiger partial charge on any atom is -0.299 e. The molecule has 1 saturated heterocycles. The van der Waals surface area contributed by atoms with Crippen molar-refractivity contribution in [1.82, 2.24) is 9.88 Å². The first kappa shape index (κ1) is 19.3. The normalized spacial score (nSPS) is 16.9. The van der Waals surface area contributed by atoms with E-state index in [9.17, 15) is 13.6 Å². The second-order valence-electron chi connectivity index (χ2n) is 7.17. The van der Waals surface area contributed by atoms with Crippen molar-refractivity contribution in [3.63, 3.8) is 0 Å². The zero-order chi connectivity index (χ0) is 19.6. The van der Waals surface area contributed by atoms with Crippen LogP contribution in [0.25, 0.3) is 11.1 Å². The van der Waals surface area contributed by atoms with Crippen LogP contribution in [0.2, 0.25) is 0 Å². The lowest BCUT2D eigenvalue weighted by Gasteiger charge is -2.31. The van der Waals surface area contributed by atoms with Crippen LogP contribution in [0.1, 0.15) is 36.5 Å². The number of aromatic nitrogens is 1. The maximum Gasteiger partial charge on any atom is 0.250 e. The minimum atomic E-state index is -2.55. The van der Waals surface area contributed by atoms with Crippen LogP contribution in [0.5, 0.6) is 0 Å². The molecule has 0 saturated carbocycles. The van der Waals surface area contributed by atoms with Gasteiger partial charge in [0.05, 0.1) is 0 Å². The van der Waals surface area contributed by atoms with Crippen LogP contribution in [0.4, 0.5) is 8.78 Å². The van der Waals surface area contributed by atoms with Gasteiger partial charge in [0.2, 0.25) is 0 Å². The van der Waals surface area contributed by atoms with Crippen molar-refractivity contribution in [3.8, 4) is 11.1 Å². The number of alkyl halides is 2. The molecule has 1 aliphatic heterocycles. The van der Waals surface area contributed by atoms with Crippen molar-refractivity contribution in [2.75, 3.05) is 13.1 Å². The molecule has 4 nitrogen and oxygen atoms in total. The lowest BCUT2D eigenvalue weighted by Crippen LogP contribution is -2.38. The van der Waals surface area contributed by atoms with Gasteiger partial charge in [-0.15, -0.1) is 0 Å². The molecule has 1 aromatic heterocycles. The number of Topliss-reactive ketones (excluding diaryl/α,β-unsaturated/α-hetero) is 1. The number of halogens is 2. The van der Waals surface area contributed by atoms with Crippen molar-refractivity contribution in [2.45, 2.75) is 39.2 Å². The molecule has 0 amide bonds. The quantitative estimate of drug-likeness (QED) is 0.800. The van der Waals surface area contributed by atoms with E-state index in [1.165, 1.54) is 6.92 Å². The topological polar surface area (TPSA) is 57.1 Å². The summed E-state index contributed by atoms with van der Waals surface area (Å²) in [5.41, 5.74) is 4.20. The van der Waals surface area contributed by atoms with E-state index in [0.717, 1.165) is 22.3 Å². The minimum absolute atomic E-state index is 0.00675. The molecule has 1 aliphatic rings. The van der Waals surface area contributed by atoms with Crippen LogP contribution in [-0.4, -0.2) is 40.4 Å². The number of ketones is 1. The van der Waals surface area contributed by atoms with Gasteiger partial charge in [0.15, 0.2) is 5.78 Å². The number of hydrogen-bond acceptors (Lipinski definition) is 4. The van der Waals surface area contributed by atoms with Crippen molar-refractivity contribution < 1.29 is 13.6 Å². The molecule has 0 bridgehead atoms. The molecule has 0 spiro atoms. The van der Waals surface area contributed by atoms with Crippen LogP contribution in [-0.2, 0) is 11.3 Å². The van der Waals surface area contributed by atoms with Gasteiger partial charge in [-0.2, -0.15) is 0 Å². The summed E-state index contributed by atoms with van der Waals surface area (Å²) in [6, 6.07) is 7.66. The molecule has 2 heterocycles. The Bertz CT molecular complexity index is 869. The zero-order valence-corrected chi connectivity index (χ0v) is 15.6. The molecule has 142 valence electrons. The molecule has 2 aromatic rings. The maximum atomic E-state index is 13.3. The number of nitrogens with zero attached hydrogens (tertiary/aromatic N) is 2. The Morgan fingerprint density at radius 3 is 2.56 bits per heavy atom. The molecule has 0 unspecified atom stereocenters. The number of carbonyl (C=O) groups excluding carboxylic acids is 1. The second-order valence-corrected chi connectivity index (χ2v) is 7.17. The summed E-state index contributed by atoms with van der Waals surface area (Å²) in [6.07, 6.45) is 3.28. The first-order valence-corrected chi connectivity index (χ1v) is 9.00. The van der Waals surface area contributed by atoms with E-state index in [1.54, 1.807) is 12.4 Å². The van der Waals surface area contributed by atoms with Gasteiger partial charge in [-0.05, 0) is 35.7 Å². The number of piperidine rings is 1. The Morgan fingerprint density at radius 1 is 1.19 bits per heavy atom. The van der Waals surface area contributed by atoms with E-state index >= 15 is 0 Å². The molecule has 27 heavy (non-hydrogen) atoms. The van der Waals surface area contributed by atoms with E-state index in [-0.39, 0.29) is 24.3 Å². The Hall–Kier alpha value is -2.47. The standard InChI is InChI=1S/C21H23F2N3O/c1-14-3-4-17(10-19(14)20(24)15(2)27)18-9-16(11-25-12-18)13-26-7-5-21(22,23)6-8-26/h3-4,9-12,24H,5-8,13H2,1-2H3. The molecule has 1 aromatic carbocycles. The van der Waals surface area contributed by atoms with Gasteiger partial charge in [-0.3, -0.25) is 20.1 Å². The van der Waals surface area contributed by atoms with Crippen molar-refractivity contribution in [1.29, 1.82) is 5.41 Å². The third kappa shape index (κ3) is 4.63. The first-order valence-electron chi connectivity index (χ1n) is 9.00. The number of benzene rings is 1. The van der Waals surface area contributed by atoms with Crippen molar-refractivity contribution in [3.05, 3.63) is 53.3 Å². The van der Waals surface area contributed by atoms with E-state index in [4.69, 9.17) is 5.41 Å². The summed E-state index contributed by atoms with van der Waals surface area (Å²) >= 11 is 0. The molecule has 1 fully saturated rings. The molecule has 0 radical (unpaired) electrons. The van der Waals surface area contributed by atoms with Crippen LogP contribution in [0.15, 0.2) is 36.7 Å². The molecule has 6 heteroatoms. The van der Waals surface area contributed by atoms with Gasteiger partial charge in [0, 0.05) is 62.9 Å². The highest BCUT2D eigenvalue weighted by Gasteiger charge is 2.33. The third-order valence-corrected chi connectivity index (χ3v) is 4.98. The average Bonchev–Trinajstić information content (AvgIpc) is 2.63. The van der Waals surface area contributed by atoms with Crippen LogP contribution < -0.4 is 0 Å². The van der Waals surface area contributed by atoms with Gasteiger partial charge in [-0.1, -0.05) is 12.1 Å². The number of hydrogen-bond donors (Lipinski definition) is 1. The molecule has 1 N–H and O–H groups in total. The SMILES string of the molecule is CC(=O)C(=N)c1cc(-c2cncc(CN3CCC(F)(F)CC3)c2)ccc1C. The lowest BCUT2D eigenvalue weighted by atomic mass is 9.96. The predicted molar refractivity (Wildman–Crippen MR) is 101 cm³/mol. The first-order chi connectivity index (χ1) is 12.7. The predicted octanol–water partition coefficient (Wildman–Crippen LogP) is 4.24. The molecular weight excluding hydrogens is 348 g/mol. The van der Waals surface area contributed by atoms with Gasteiger partial charge in [0.25, 0.3) is 5.92 Å². The number of nitrogens with one attached hydrogen (secondary N) is 1. The fourth-order valence-electron chi connectivity index (χ4n) is 3.29. The number of rotatable bonds is 5. The van der Waals surface area contributed by atoms with Crippen molar-refractivity contribution in [2.24, 2.45) is 0 Å². The number of likely N-dealkylation sites (tertiary alicyclic amines) is 1. The van der Waals surface area contributed by atoms with Crippen LogP contribution in [0.3, 0.4) is 0 Å². The highest BCUT2D eigenvalue weighted by Crippen LogP contribution is 2.29. The summed E-state index contributed by atoms with van der Waals surface area (Å²) in [4.78, 5) is 17.9. The van der Waals surface area contributed by atoms with Gasteiger partial charge >= 0.3 is 0 Å².